The third kappa shape index (κ3) is 3.18. The number of aliphatic hydroxyl groups is 2. The summed E-state index contributed by atoms with van der Waals surface area (Å²) in [4.78, 5) is 4.48. The highest BCUT2D eigenvalue weighted by molar-refractivity contribution is 5.85. The van der Waals surface area contributed by atoms with Gasteiger partial charge in [-0.2, -0.15) is 0 Å². The van der Waals surface area contributed by atoms with Crippen LogP contribution in [-0.4, -0.2) is 29.4 Å². The Morgan fingerprint density at radius 3 is 2.46 bits per heavy atom. The zero-order chi connectivity index (χ0) is 17.1. The first-order valence-electron chi connectivity index (χ1n) is 7.57. The number of nitrogens with zero attached hydrogens (tertiary/aromatic N) is 1. The second kappa shape index (κ2) is 6.86. The van der Waals surface area contributed by atoms with Crippen LogP contribution in [0, 0.1) is 0 Å². The molecule has 1 aromatic heterocycles. The molecule has 0 aliphatic heterocycles. The normalized spacial score (nSPS) is 11.0. The molecule has 0 radical (unpaired) electrons. The zero-order valence-electron chi connectivity index (χ0n) is 13.6. The summed E-state index contributed by atoms with van der Waals surface area (Å²) in [6.45, 7) is 0. The molecular formula is C19H19NO4. The number of ether oxygens (including phenoxy) is 2. The average Bonchev–Trinajstić information content (AvgIpc) is 2.61. The lowest BCUT2D eigenvalue weighted by atomic mass is 10.0. The summed E-state index contributed by atoms with van der Waals surface area (Å²) in [6.07, 6.45) is 0.891. The summed E-state index contributed by atoms with van der Waals surface area (Å²) in [7, 11) is 3.22. The van der Waals surface area contributed by atoms with Gasteiger partial charge in [0.15, 0.2) is 17.8 Å². The van der Waals surface area contributed by atoms with Gasteiger partial charge in [-0.25, -0.2) is 0 Å². The molecule has 0 saturated heterocycles. The van der Waals surface area contributed by atoms with E-state index in [0.717, 1.165) is 22.0 Å². The molecule has 3 rings (SSSR count). The molecule has 0 saturated carbocycles. The Bertz CT molecular complexity index is 861. The molecule has 124 valence electrons. The van der Waals surface area contributed by atoms with Crippen molar-refractivity contribution in [1.82, 2.24) is 4.98 Å². The number of rotatable bonds is 5. The highest BCUT2D eigenvalue weighted by Gasteiger charge is 2.10. The molecule has 0 aliphatic carbocycles. The number of methoxy groups -OCH3 is 2. The second-order valence-electron chi connectivity index (χ2n) is 5.48. The lowest BCUT2D eigenvalue weighted by Crippen LogP contribution is -1.98. The molecule has 3 aromatic rings. The minimum atomic E-state index is -1.48. The van der Waals surface area contributed by atoms with E-state index in [1.165, 1.54) is 0 Å². The lowest BCUT2D eigenvalue weighted by molar-refractivity contribution is -0.0423. The lowest BCUT2D eigenvalue weighted by Gasteiger charge is -2.11. The Balaban J connectivity index is 1.98. The first-order chi connectivity index (χ1) is 11.6. The third-order valence-corrected chi connectivity index (χ3v) is 3.99. The van der Waals surface area contributed by atoms with E-state index >= 15 is 0 Å². The van der Waals surface area contributed by atoms with Gasteiger partial charge in [-0.1, -0.05) is 18.2 Å². The molecule has 0 amide bonds. The highest BCUT2D eigenvalue weighted by atomic mass is 16.5. The van der Waals surface area contributed by atoms with Crippen LogP contribution in [0.1, 0.15) is 23.1 Å². The maximum absolute atomic E-state index is 9.31. The average molecular weight is 325 g/mol. The fraction of sp³-hybridized carbons (Fsp3) is 0.211. The van der Waals surface area contributed by atoms with Gasteiger partial charge in [-0.3, -0.25) is 4.98 Å². The minimum absolute atomic E-state index is 0.464. The van der Waals surface area contributed by atoms with E-state index in [9.17, 15) is 10.2 Å². The van der Waals surface area contributed by atoms with Crippen LogP contribution in [0.4, 0.5) is 0 Å². The molecule has 5 nitrogen and oxygen atoms in total. The van der Waals surface area contributed by atoms with Gasteiger partial charge in [-0.15, -0.1) is 0 Å². The van der Waals surface area contributed by atoms with Crippen molar-refractivity contribution in [3.05, 3.63) is 65.5 Å². The smallest absolute Gasteiger partial charge is 0.178 e. The number of hydrogen-bond donors (Lipinski definition) is 2. The number of aliphatic hydroxyl groups excluding tert-OH is 1. The van der Waals surface area contributed by atoms with Crippen molar-refractivity contribution < 1.29 is 19.7 Å². The van der Waals surface area contributed by atoms with E-state index in [1.54, 1.807) is 32.5 Å². The van der Waals surface area contributed by atoms with Crippen molar-refractivity contribution in [1.29, 1.82) is 0 Å². The summed E-state index contributed by atoms with van der Waals surface area (Å²) in [5.74, 6) is 1.37. The Kier molecular flexibility index (Phi) is 4.64. The summed E-state index contributed by atoms with van der Waals surface area (Å²) in [5, 5.41) is 20.5. The molecule has 2 N–H and O–H groups in total. The van der Waals surface area contributed by atoms with Crippen molar-refractivity contribution in [2.24, 2.45) is 0 Å². The van der Waals surface area contributed by atoms with E-state index in [1.807, 2.05) is 30.3 Å². The SMILES string of the molecule is COc1ccc(Cc2nccc3cc(C(O)O)ccc23)cc1OC. The van der Waals surface area contributed by atoms with Gasteiger partial charge in [0.2, 0.25) is 0 Å². The van der Waals surface area contributed by atoms with Crippen LogP contribution in [0.2, 0.25) is 0 Å². The minimum Gasteiger partial charge on any atom is -0.493 e. The number of aromatic nitrogens is 1. The van der Waals surface area contributed by atoms with E-state index in [2.05, 4.69) is 4.98 Å². The fourth-order valence-electron chi connectivity index (χ4n) is 2.74. The molecule has 0 fully saturated rings. The predicted octanol–water partition coefficient (Wildman–Crippen LogP) is 2.83. The first-order valence-corrected chi connectivity index (χ1v) is 7.57. The van der Waals surface area contributed by atoms with Crippen LogP contribution in [0.15, 0.2) is 48.7 Å². The first kappa shape index (κ1) is 16.2. The molecule has 0 aliphatic rings. The van der Waals surface area contributed by atoms with Crippen LogP contribution in [0.25, 0.3) is 10.8 Å². The molecule has 24 heavy (non-hydrogen) atoms. The third-order valence-electron chi connectivity index (χ3n) is 3.99. The molecule has 0 atom stereocenters. The quantitative estimate of drug-likeness (QED) is 0.706. The number of pyridine rings is 1. The fourth-order valence-corrected chi connectivity index (χ4v) is 2.74. The second-order valence-corrected chi connectivity index (χ2v) is 5.48. The van der Waals surface area contributed by atoms with Crippen molar-refractivity contribution in [2.45, 2.75) is 12.7 Å². The monoisotopic (exact) mass is 325 g/mol. The topological polar surface area (TPSA) is 71.8 Å². The summed E-state index contributed by atoms with van der Waals surface area (Å²) in [5.41, 5.74) is 2.43. The van der Waals surface area contributed by atoms with Crippen molar-refractivity contribution in [3.8, 4) is 11.5 Å². The summed E-state index contributed by atoms with van der Waals surface area (Å²) >= 11 is 0. The van der Waals surface area contributed by atoms with Gasteiger partial charge in [0.1, 0.15) is 0 Å². The van der Waals surface area contributed by atoms with E-state index in [-0.39, 0.29) is 0 Å². The molecule has 0 bridgehead atoms. The maximum atomic E-state index is 9.31. The molecular weight excluding hydrogens is 306 g/mol. The highest BCUT2D eigenvalue weighted by Crippen LogP contribution is 2.29. The number of hydrogen-bond acceptors (Lipinski definition) is 5. The molecule has 1 heterocycles. The zero-order valence-corrected chi connectivity index (χ0v) is 13.6. The van der Waals surface area contributed by atoms with Gasteiger partial charge < -0.3 is 19.7 Å². The largest absolute Gasteiger partial charge is 0.493 e. The molecule has 0 unspecified atom stereocenters. The Hall–Kier alpha value is -2.63. The van der Waals surface area contributed by atoms with Crippen molar-refractivity contribution in [2.75, 3.05) is 14.2 Å². The van der Waals surface area contributed by atoms with Crippen LogP contribution >= 0.6 is 0 Å². The van der Waals surface area contributed by atoms with Gasteiger partial charge in [-0.05, 0) is 35.2 Å². The molecule has 5 heteroatoms. The Morgan fingerprint density at radius 1 is 0.958 bits per heavy atom. The maximum Gasteiger partial charge on any atom is 0.178 e. The Labute approximate surface area is 140 Å². The van der Waals surface area contributed by atoms with E-state index in [4.69, 9.17) is 9.47 Å². The van der Waals surface area contributed by atoms with Crippen molar-refractivity contribution >= 4 is 10.8 Å². The van der Waals surface area contributed by atoms with Crippen LogP contribution in [-0.2, 0) is 6.42 Å². The van der Waals surface area contributed by atoms with E-state index < -0.39 is 6.29 Å². The summed E-state index contributed by atoms with van der Waals surface area (Å²) < 4.78 is 10.6. The standard InChI is InChI=1S/C19H19NO4/c1-23-17-6-3-12(10-18(17)24-2)9-16-15-5-4-14(19(21)22)11-13(15)7-8-20-16/h3-8,10-11,19,21-22H,9H2,1-2H3. The van der Waals surface area contributed by atoms with Crippen molar-refractivity contribution in [3.63, 3.8) is 0 Å². The number of fused-ring (bicyclic) bond motifs is 1. The van der Waals surface area contributed by atoms with Gasteiger partial charge in [0.05, 0.1) is 19.9 Å². The molecule has 2 aromatic carbocycles. The van der Waals surface area contributed by atoms with Crippen LogP contribution < -0.4 is 9.47 Å². The van der Waals surface area contributed by atoms with Crippen LogP contribution in [0.5, 0.6) is 11.5 Å². The summed E-state index contributed by atoms with van der Waals surface area (Å²) in [6, 6.07) is 13.0. The molecule has 0 spiro atoms. The van der Waals surface area contributed by atoms with Crippen LogP contribution in [0.3, 0.4) is 0 Å². The van der Waals surface area contributed by atoms with Gasteiger partial charge in [0, 0.05) is 23.6 Å². The Morgan fingerprint density at radius 2 is 1.75 bits per heavy atom. The van der Waals surface area contributed by atoms with Gasteiger partial charge in [0.25, 0.3) is 0 Å². The number of benzene rings is 2. The van der Waals surface area contributed by atoms with Gasteiger partial charge >= 0.3 is 0 Å². The predicted molar refractivity (Wildman–Crippen MR) is 91.3 cm³/mol. The van der Waals surface area contributed by atoms with E-state index in [0.29, 0.717) is 23.5 Å².